The first-order chi connectivity index (χ1) is 10.7. The molecule has 0 saturated heterocycles. The average molecular weight is 312 g/mol. The van der Waals surface area contributed by atoms with E-state index in [4.69, 9.17) is 10.4 Å². The van der Waals surface area contributed by atoms with E-state index in [1.165, 1.54) is 25.7 Å². The van der Waals surface area contributed by atoms with Gasteiger partial charge in [0.15, 0.2) is 0 Å². The molecule has 0 bridgehead atoms. The molecule has 0 aromatic heterocycles. The van der Waals surface area contributed by atoms with Crippen LogP contribution in [0.25, 0.3) is 0 Å². The van der Waals surface area contributed by atoms with Crippen LogP contribution in [0.3, 0.4) is 0 Å². The molecule has 4 nitrogen and oxygen atoms in total. The average Bonchev–Trinajstić information content (AvgIpc) is 2.50. The summed E-state index contributed by atoms with van der Waals surface area (Å²) in [6.07, 6.45) is 15.3. The van der Waals surface area contributed by atoms with Gasteiger partial charge in [-0.1, -0.05) is 51.9 Å². The van der Waals surface area contributed by atoms with Crippen LogP contribution in [-0.4, -0.2) is 22.4 Å². The van der Waals surface area contributed by atoms with E-state index in [0.717, 1.165) is 44.9 Å². The van der Waals surface area contributed by atoms with Crippen molar-refractivity contribution in [2.24, 2.45) is 0 Å². The van der Waals surface area contributed by atoms with Crippen LogP contribution < -0.4 is 0 Å². The molecule has 1 atom stereocenters. The molecule has 0 heterocycles. The molecule has 22 heavy (non-hydrogen) atoms. The van der Waals surface area contributed by atoms with E-state index < -0.39 is 5.97 Å². The van der Waals surface area contributed by atoms with Gasteiger partial charge in [0.25, 0.3) is 0 Å². The standard InChI is InChI=1S/C18H32O4/c1-2-3-4-5-6-8-11-14-17(22-21)15-12-9-7-10-13-16-18(19)20/h8,14,17,21H,2-7,9-10,12-13,15-16H2,1H3,(H,19,20). The molecule has 0 aliphatic heterocycles. The minimum Gasteiger partial charge on any atom is -0.481 e. The van der Waals surface area contributed by atoms with Crippen molar-refractivity contribution in [1.82, 2.24) is 0 Å². The fraction of sp³-hybridized carbons (Fsp3) is 0.778. The Labute approximate surface area is 134 Å². The minimum absolute atomic E-state index is 0.258. The summed E-state index contributed by atoms with van der Waals surface area (Å²) in [7, 11) is 0. The lowest BCUT2D eigenvalue weighted by Crippen LogP contribution is -2.06. The van der Waals surface area contributed by atoms with E-state index in [1.807, 2.05) is 6.08 Å². The van der Waals surface area contributed by atoms with Crippen LogP contribution in [0.15, 0.2) is 17.9 Å². The maximum atomic E-state index is 10.4. The second kappa shape index (κ2) is 16.3. The highest BCUT2D eigenvalue weighted by Gasteiger charge is 2.04. The van der Waals surface area contributed by atoms with Gasteiger partial charge in [0.05, 0.1) is 0 Å². The third kappa shape index (κ3) is 15.3. The summed E-state index contributed by atoms with van der Waals surface area (Å²) in [4.78, 5) is 14.8. The van der Waals surface area contributed by atoms with Gasteiger partial charge in [0.2, 0.25) is 0 Å². The van der Waals surface area contributed by atoms with Gasteiger partial charge >= 0.3 is 5.97 Å². The van der Waals surface area contributed by atoms with Crippen molar-refractivity contribution in [2.45, 2.75) is 90.1 Å². The highest BCUT2D eigenvalue weighted by Crippen LogP contribution is 2.11. The number of hydrogen-bond acceptors (Lipinski definition) is 3. The molecule has 0 amide bonds. The predicted molar refractivity (Wildman–Crippen MR) is 88.9 cm³/mol. The highest BCUT2D eigenvalue weighted by molar-refractivity contribution is 5.66. The Bertz CT molecular complexity index is 319. The Hall–Kier alpha value is -1.09. The number of unbranched alkanes of at least 4 members (excludes halogenated alkanes) is 8. The quantitative estimate of drug-likeness (QED) is 0.185. The molecule has 0 saturated carbocycles. The van der Waals surface area contributed by atoms with Crippen LogP contribution in [0.1, 0.15) is 84.0 Å². The summed E-state index contributed by atoms with van der Waals surface area (Å²) in [5, 5.41) is 17.4. The van der Waals surface area contributed by atoms with E-state index in [9.17, 15) is 4.79 Å². The number of hydrogen-bond donors (Lipinski definition) is 2. The second-order valence-electron chi connectivity index (χ2n) is 5.73. The van der Waals surface area contributed by atoms with Crippen LogP contribution >= 0.6 is 0 Å². The summed E-state index contributed by atoms with van der Waals surface area (Å²) < 4.78 is 0. The fourth-order valence-electron chi connectivity index (χ4n) is 2.25. The lowest BCUT2D eigenvalue weighted by Gasteiger charge is -2.07. The number of aliphatic carboxylic acids is 1. The predicted octanol–water partition coefficient (Wildman–Crippen LogP) is 5.34. The zero-order valence-corrected chi connectivity index (χ0v) is 13.9. The normalized spacial score (nSPS) is 11.7. The molecule has 0 spiro atoms. The zero-order chi connectivity index (χ0) is 16.5. The van der Waals surface area contributed by atoms with Crippen molar-refractivity contribution in [3.8, 4) is 0 Å². The molecule has 0 fully saturated rings. The molecule has 0 aliphatic rings. The van der Waals surface area contributed by atoms with E-state index in [0.29, 0.717) is 0 Å². The van der Waals surface area contributed by atoms with Crippen molar-refractivity contribution in [3.63, 3.8) is 0 Å². The Kier molecular flexibility index (Phi) is 15.5. The monoisotopic (exact) mass is 312 g/mol. The smallest absolute Gasteiger partial charge is 0.303 e. The zero-order valence-electron chi connectivity index (χ0n) is 13.9. The van der Waals surface area contributed by atoms with Gasteiger partial charge in [0, 0.05) is 6.42 Å². The second-order valence-corrected chi connectivity index (χ2v) is 5.73. The van der Waals surface area contributed by atoms with Crippen molar-refractivity contribution < 1.29 is 20.0 Å². The van der Waals surface area contributed by atoms with Crippen LogP contribution in [0, 0.1) is 0 Å². The van der Waals surface area contributed by atoms with Gasteiger partial charge in [-0.05, 0) is 37.8 Å². The molecule has 4 heteroatoms. The maximum absolute atomic E-state index is 10.4. The first kappa shape index (κ1) is 20.9. The van der Waals surface area contributed by atoms with Gasteiger partial charge in [0.1, 0.15) is 6.10 Å². The topological polar surface area (TPSA) is 66.8 Å². The van der Waals surface area contributed by atoms with Crippen molar-refractivity contribution >= 4 is 5.97 Å². The van der Waals surface area contributed by atoms with Crippen LogP contribution in [-0.2, 0) is 9.68 Å². The van der Waals surface area contributed by atoms with Crippen LogP contribution in [0.2, 0.25) is 0 Å². The van der Waals surface area contributed by atoms with Crippen LogP contribution in [0.5, 0.6) is 0 Å². The van der Waals surface area contributed by atoms with Gasteiger partial charge in [-0.25, -0.2) is 4.89 Å². The molecule has 0 aliphatic carbocycles. The third-order valence-corrected chi connectivity index (χ3v) is 3.62. The van der Waals surface area contributed by atoms with Crippen molar-refractivity contribution in [1.29, 1.82) is 0 Å². The molecular formula is C18H32O4. The van der Waals surface area contributed by atoms with E-state index in [1.54, 1.807) is 6.08 Å². The summed E-state index contributed by atoms with van der Waals surface area (Å²) in [6, 6.07) is 0. The molecule has 2 N–H and O–H groups in total. The Balaban J connectivity index is 3.61. The number of rotatable bonds is 15. The molecule has 0 aromatic rings. The van der Waals surface area contributed by atoms with Gasteiger partial charge in [-0.2, -0.15) is 0 Å². The molecule has 1 unspecified atom stereocenters. The van der Waals surface area contributed by atoms with Gasteiger partial charge in [-0.3, -0.25) is 10.1 Å². The Morgan fingerprint density at radius 1 is 1.09 bits per heavy atom. The lowest BCUT2D eigenvalue weighted by molar-refractivity contribution is -0.267. The summed E-state index contributed by atoms with van der Waals surface area (Å²) >= 11 is 0. The highest BCUT2D eigenvalue weighted by atomic mass is 17.1. The molecule has 0 rings (SSSR count). The van der Waals surface area contributed by atoms with Crippen molar-refractivity contribution in [3.05, 3.63) is 17.9 Å². The molecular weight excluding hydrogens is 280 g/mol. The first-order valence-corrected chi connectivity index (χ1v) is 8.63. The lowest BCUT2D eigenvalue weighted by atomic mass is 10.1. The SMILES string of the molecule is CCCCCCC=C=CC(CCCCCCCC(=O)O)OO. The first-order valence-electron chi connectivity index (χ1n) is 8.63. The third-order valence-electron chi connectivity index (χ3n) is 3.62. The van der Waals surface area contributed by atoms with E-state index in [2.05, 4.69) is 17.5 Å². The van der Waals surface area contributed by atoms with Gasteiger partial charge in [-0.15, -0.1) is 5.73 Å². The minimum atomic E-state index is -0.722. The molecule has 0 radical (unpaired) electrons. The van der Waals surface area contributed by atoms with Crippen LogP contribution in [0.4, 0.5) is 0 Å². The Morgan fingerprint density at radius 2 is 1.77 bits per heavy atom. The molecule has 0 aromatic carbocycles. The van der Waals surface area contributed by atoms with Crippen molar-refractivity contribution in [2.75, 3.05) is 0 Å². The van der Waals surface area contributed by atoms with E-state index >= 15 is 0 Å². The number of carboxylic acid groups (broad SMARTS) is 1. The number of carboxylic acids is 1. The largest absolute Gasteiger partial charge is 0.481 e. The fourth-order valence-corrected chi connectivity index (χ4v) is 2.25. The molecule has 128 valence electrons. The maximum Gasteiger partial charge on any atom is 0.303 e. The number of carbonyl (C=O) groups is 1. The summed E-state index contributed by atoms with van der Waals surface area (Å²) in [5.74, 6) is -0.722. The Morgan fingerprint density at radius 3 is 2.45 bits per heavy atom. The summed E-state index contributed by atoms with van der Waals surface area (Å²) in [5.41, 5.74) is 3.09. The van der Waals surface area contributed by atoms with E-state index in [-0.39, 0.29) is 12.5 Å². The summed E-state index contributed by atoms with van der Waals surface area (Å²) in [6.45, 7) is 2.20. The van der Waals surface area contributed by atoms with Gasteiger partial charge < -0.3 is 5.11 Å².